The molecule has 0 fully saturated rings. The minimum absolute atomic E-state index is 0.0674. The van der Waals surface area contributed by atoms with Crippen molar-refractivity contribution >= 4 is 40.2 Å². The number of carbonyl (C=O) groups excluding carboxylic acids is 1. The highest BCUT2D eigenvalue weighted by Crippen LogP contribution is 2.28. The van der Waals surface area contributed by atoms with Crippen LogP contribution in [-0.2, 0) is 11.2 Å². The van der Waals surface area contributed by atoms with Crippen LogP contribution in [0.3, 0.4) is 0 Å². The van der Waals surface area contributed by atoms with E-state index < -0.39 is 0 Å². The summed E-state index contributed by atoms with van der Waals surface area (Å²) in [6.07, 6.45) is 0.335. The van der Waals surface area contributed by atoms with Crippen LogP contribution >= 0.6 is 11.6 Å². The Morgan fingerprint density at radius 1 is 1.32 bits per heavy atom. The van der Waals surface area contributed by atoms with Crippen molar-refractivity contribution in [2.24, 2.45) is 0 Å². The number of benzene rings is 2. The molecule has 0 aliphatic rings. The van der Waals surface area contributed by atoms with E-state index in [1.165, 1.54) is 25.1 Å². The van der Waals surface area contributed by atoms with Gasteiger partial charge >= 0.3 is 0 Å². The monoisotopic (exact) mass is 318 g/mol. The summed E-state index contributed by atoms with van der Waals surface area (Å²) >= 11 is 6.18. The minimum Gasteiger partial charge on any atom is -0.423 e. The van der Waals surface area contributed by atoms with Gasteiger partial charge in [-0.2, -0.15) is 4.98 Å². The summed E-state index contributed by atoms with van der Waals surface area (Å²) in [4.78, 5) is 15.3. The number of hydrogen-bond donors (Lipinski definition) is 1. The van der Waals surface area contributed by atoms with Crippen LogP contribution in [0.2, 0.25) is 5.02 Å². The van der Waals surface area contributed by atoms with Crippen molar-refractivity contribution in [3.63, 3.8) is 0 Å². The number of nitrogens with one attached hydrogen (secondary N) is 1. The number of halogens is 2. The average molecular weight is 319 g/mol. The molecule has 4 nitrogen and oxygen atoms in total. The number of Topliss-reactive ketones (excluding diaryl/α,β-unsaturated/α-hetero) is 1. The number of carbonyl (C=O) groups is 1. The molecule has 0 atom stereocenters. The molecule has 0 bridgehead atoms. The normalized spacial score (nSPS) is 10.9. The van der Waals surface area contributed by atoms with Gasteiger partial charge in [0.05, 0.1) is 10.7 Å². The molecule has 112 valence electrons. The molecule has 0 amide bonds. The molecule has 0 aliphatic carbocycles. The Labute approximate surface area is 130 Å². The maximum Gasteiger partial charge on any atom is 0.300 e. The van der Waals surface area contributed by atoms with Crippen LogP contribution in [0.4, 0.5) is 16.1 Å². The summed E-state index contributed by atoms with van der Waals surface area (Å²) in [7, 11) is 0. The Morgan fingerprint density at radius 2 is 2.14 bits per heavy atom. The van der Waals surface area contributed by atoms with Gasteiger partial charge < -0.3 is 9.73 Å². The molecule has 1 aromatic heterocycles. The Kier molecular flexibility index (Phi) is 3.81. The Hall–Kier alpha value is -2.40. The van der Waals surface area contributed by atoms with Crippen molar-refractivity contribution in [2.75, 3.05) is 5.32 Å². The number of aromatic nitrogens is 1. The maximum atomic E-state index is 13.1. The van der Waals surface area contributed by atoms with E-state index in [-0.39, 0.29) is 17.6 Å². The SMILES string of the molecule is CC(=O)Cc1ccc(Nc2nc3ccc(F)cc3o2)c(Cl)c1. The van der Waals surface area contributed by atoms with Crippen LogP contribution in [0.1, 0.15) is 12.5 Å². The van der Waals surface area contributed by atoms with Crippen molar-refractivity contribution in [1.29, 1.82) is 0 Å². The van der Waals surface area contributed by atoms with Gasteiger partial charge in [-0.3, -0.25) is 4.79 Å². The molecule has 0 unspecified atom stereocenters. The lowest BCUT2D eigenvalue weighted by molar-refractivity contribution is -0.116. The second-order valence-corrected chi connectivity index (χ2v) is 5.36. The third-order valence-electron chi connectivity index (χ3n) is 3.08. The van der Waals surface area contributed by atoms with Crippen LogP contribution in [-0.4, -0.2) is 10.8 Å². The van der Waals surface area contributed by atoms with Gasteiger partial charge in [0.1, 0.15) is 17.1 Å². The number of oxazole rings is 1. The lowest BCUT2D eigenvalue weighted by atomic mass is 10.1. The molecule has 0 saturated carbocycles. The van der Waals surface area contributed by atoms with Gasteiger partial charge in [-0.25, -0.2) is 4.39 Å². The van der Waals surface area contributed by atoms with Gasteiger partial charge in [-0.1, -0.05) is 17.7 Å². The first kappa shape index (κ1) is 14.5. The van der Waals surface area contributed by atoms with E-state index in [1.807, 2.05) is 0 Å². The quantitative estimate of drug-likeness (QED) is 0.769. The number of fused-ring (bicyclic) bond motifs is 1. The highest BCUT2D eigenvalue weighted by molar-refractivity contribution is 6.33. The first-order valence-electron chi connectivity index (χ1n) is 6.62. The zero-order valence-corrected chi connectivity index (χ0v) is 12.4. The summed E-state index contributed by atoms with van der Waals surface area (Å²) in [6.45, 7) is 1.53. The highest BCUT2D eigenvalue weighted by atomic mass is 35.5. The zero-order valence-electron chi connectivity index (χ0n) is 11.7. The van der Waals surface area contributed by atoms with E-state index >= 15 is 0 Å². The second kappa shape index (κ2) is 5.77. The third kappa shape index (κ3) is 3.09. The van der Waals surface area contributed by atoms with Gasteiger partial charge in [0.15, 0.2) is 5.58 Å². The summed E-state index contributed by atoms with van der Waals surface area (Å²) < 4.78 is 18.6. The van der Waals surface area contributed by atoms with Gasteiger partial charge in [0, 0.05) is 12.5 Å². The van der Waals surface area contributed by atoms with E-state index in [2.05, 4.69) is 10.3 Å². The first-order chi connectivity index (χ1) is 10.5. The topological polar surface area (TPSA) is 55.1 Å². The molecular weight excluding hydrogens is 307 g/mol. The van der Waals surface area contributed by atoms with E-state index in [1.54, 1.807) is 18.2 Å². The average Bonchev–Trinajstić information content (AvgIpc) is 2.82. The first-order valence-corrected chi connectivity index (χ1v) is 7.00. The van der Waals surface area contributed by atoms with E-state index in [4.69, 9.17) is 16.0 Å². The maximum absolute atomic E-state index is 13.1. The van der Waals surface area contributed by atoms with Crippen molar-refractivity contribution in [2.45, 2.75) is 13.3 Å². The molecule has 0 radical (unpaired) electrons. The van der Waals surface area contributed by atoms with E-state index in [9.17, 15) is 9.18 Å². The van der Waals surface area contributed by atoms with Gasteiger partial charge in [-0.15, -0.1) is 0 Å². The fourth-order valence-corrected chi connectivity index (χ4v) is 2.37. The second-order valence-electron chi connectivity index (χ2n) is 4.95. The van der Waals surface area contributed by atoms with Crippen LogP contribution in [0.5, 0.6) is 0 Å². The van der Waals surface area contributed by atoms with Crippen LogP contribution in [0, 0.1) is 5.82 Å². The number of ketones is 1. The molecule has 3 rings (SSSR count). The summed E-state index contributed by atoms with van der Waals surface area (Å²) in [5.41, 5.74) is 2.34. The number of anilines is 2. The van der Waals surface area contributed by atoms with E-state index in [0.29, 0.717) is 28.2 Å². The number of hydrogen-bond acceptors (Lipinski definition) is 4. The molecule has 0 spiro atoms. The van der Waals surface area contributed by atoms with Crippen LogP contribution in [0.15, 0.2) is 40.8 Å². The molecule has 22 heavy (non-hydrogen) atoms. The molecule has 0 aliphatic heterocycles. The summed E-state index contributed by atoms with van der Waals surface area (Å²) in [5, 5.41) is 3.40. The molecular formula is C16H12ClFN2O2. The van der Waals surface area contributed by atoms with Crippen molar-refractivity contribution < 1.29 is 13.6 Å². The van der Waals surface area contributed by atoms with Gasteiger partial charge in [-0.05, 0) is 36.8 Å². The summed E-state index contributed by atoms with van der Waals surface area (Å²) in [6, 6.07) is 9.61. The largest absolute Gasteiger partial charge is 0.423 e. The number of rotatable bonds is 4. The minimum atomic E-state index is -0.387. The van der Waals surface area contributed by atoms with Crippen molar-refractivity contribution in [3.8, 4) is 0 Å². The van der Waals surface area contributed by atoms with Gasteiger partial charge in [0.2, 0.25) is 0 Å². The van der Waals surface area contributed by atoms with E-state index in [0.717, 1.165) is 5.56 Å². The van der Waals surface area contributed by atoms with Crippen molar-refractivity contribution in [1.82, 2.24) is 4.98 Å². The fraction of sp³-hybridized carbons (Fsp3) is 0.125. The number of nitrogens with zero attached hydrogens (tertiary/aromatic N) is 1. The standard InChI is InChI=1S/C16H12ClFN2O2/c1-9(21)6-10-2-4-13(12(17)7-10)19-16-20-14-5-3-11(18)8-15(14)22-16/h2-5,7-8H,6H2,1H3,(H,19,20). The Balaban J connectivity index is 1.86. The molecule has 3 aromatic rings. The predicted octanol–water partition coefficient (Wildman–Crippen LogP) is 4.50. The van der Waals surface area contributed by atoms with Crippen LogP contribution in [0.25, 0.3) is 11.1 Å². The Bertz CT molecular complexity index is 860. The fourth-order valence-electron chi connectivity index (χ4n) is 2.12. The summed E-state index contributed by atoms with van der Waals surface area (Å²) in [5.74, 6) is -0.320. The molecule has 1 heterocycles. The van der Waals surface area contributed by atoms with Crippen molar-refractivity contribution in [3.05, 3.63) is 52.8 Å². The lowest BCUT2D eigenvalue weighted by Crippen LogP contribution is -1.97. The smallest absolute Gasteiger partial charge is 0.300 e. The lowest BCUT2D eigenvalue weighted by Gasteiger charge is -2.06. The zero-order chi connectivity index (χ0) is 15.7. The van der Waals surface area contributed by atoms with Gasteiger partial charge in [0.25, 0.3) is 6.01 Å². The molecule has 0 saturated heterocycles. The molecule has 6 heteroatoms. The Morgan fingerprint density at radius 3 is 2.86 bits per heavy atom. The highest BCUT2D eigenvalue weighted by Gasteiger charge is 2.09. The third-order valence-corrected chi connectivity index (χ3v) is 3.39. The van der Waals surface area contributed by atoms with Crippen LogP contribution < -0.4 is 5.32 Å². The molecule has 2 aromatic carbocycles. The predicted molar refractivity (Wildman–Crippen MR) is 83.1 cm³/mol. The molecule has 1 N–H and O–H groups in total.